The average molecular weight is 371 g/mol. The Morgan fingerprint density at radius 3 is 2.79 bits per heavy atom. The number of nitrogens with one attached hydrogen (secondary N) is 1. The van der Waals surface area contributed by atoms with Crippen molar-refractivity contribution in [3.8, 4) is 0 Å². The highest BCUT2D eigenvalue weighted by molar-refractivity contribution is 5.98. The highest BCUT2D eigenvalue weighted by atomic mass is 16.3. The van der Waals surface area contributed by atoms with Crippen molar-refractivity contribution in [1.82, 2.24) is 19.9 Å². The average Bonchev–Trinajstić information content (AvgIpc) is 3.23. The predicted molar refractivity (Wildman–Crippen MR) is 104 cm³/mol. The maximum atomic E-state index is 12.5. The van der Waals surface area contributed by atoms with Crippen molar-refractivity contribution in [2.24, 2.45) is 0 Å². The lowest BCUT2D eigenvalue weighted by molar-refractivity contribution is 0.0958. The Morgan fingerprint density at radius 2 is 1.93 bits per heavy atom. The lowest BCUT2D eigenvalue weighted by Crippen LogP contribution is -2.21. The molecule has 7 nitrogen and oxygen atoms in total. The molecule has 0 amide bonds. The van der Waals surface area contributed by atoms with Crippen molar-refractivity contribution < 1.29 is 9.21 Å². The zero-order valence-corrected chi connectivity index (χ0v) is 15.2. The number of aryl methyl sites for hydroxylation is 1. The van der Waals surface area contributed by atoms with Crippen molar-refractivity contribution in [1.29, 1.82) is 0 Å². The first-order valence-electron chi connectivity index (χ1n) is 9.10. The van der Waals surface area contributed by atoms with E-state index in [1.165, 1.54) is 0 Å². The lowest BCUT2D eigenvalue weighted by Gasteiger charge is -2.21. The van der Waals surface area contributed by atoms with Gasteiger partial charge >= 0.3 is 0 Å². The fourth-order valence-electron chi connectivity index (χ4n) is 3.62. The number of nitrogens with zero attached hydrogens (tertiary/aromatic N) is 4. The summed E-state index contributed by atoms with van der Waals surface area (Å²) in [7, 11) is 0. The summed E-state index contributed by atoms with van der Waals surface area (Å²) in [6.45, 7) is 1.94. The molecule has 5 rings (SSSR count). The Bertz CT molecular complexity index is 1190. The number of Topliss-reactive ketones (excluding diaryl/α,β-unsaturated/α-hetero) is 1. The topological polar surface area (TPSA) is 93.8 Å². The monoisotopic (exact) mass is 371 g/mol. The van der Waals surface area contributed by atoms with Crippen LogP contribution < -0.4 is 5.32 Å². The highest BCUT2D eigenvalue weighted by Crippen LogP contribution is 2.32. The van der Waals surface area contributed by atoms with Crippen molar-refractivity contribution in [3.63, 3.8) is 0 Å². The summed E-state index contributed by atoms with van der Waals surface area (Å²) < 4.78 is 5.49. The molecule has 0 saturated carbocycles. The molecule has 3 heterocycles. The van der Waals surface area contributed by atoms with Gasteiger partial charge in [-0.05, 0) is 25.1 Å². The molecule has 1 aromatic carbocycles. The summed E-state index contributed by atoms with van der Waals surface area (Å²) in [5, 5.41) is 4.08. The van der Waals surface area contributed by atoms with Gasteiger partial charge in [0.2, 0.25) is 11.9 Å². The SMILES string of the molecule is Cc1nc(Nc2ncc3c(n2)C[C@@H](c2ccco2)CC3=O)nc2ccccc12. The first kappa shape index (κ1) is 16.6. The van der Waals surface area contributed by atoms with Gasteiger partial charge in [-0.25, -0.2) is 19.9 Å². The number of hydrogen-bond donors (Lipinski definition) is 1. The minimum atomic E-state index is -0.00286. The number of fused-ring (bicyclic) bond motifs is 2. The van der Waals surface area contributed by atoms with Gasteiger partial charge in [-0.1, -0.05) is 18.2 Å². The molecule has 0 fully saturated rings. The predicted octanol–water partition coefficient (Wildman–Crippen LogP) is 3.98. The summed E-state index contributed by atoms with van der Waals surface area (Å²) in [4.78, 5) is 30.4. The van der Waals surface area contributed by atoms with Crippen LogP contribution in [0.15, 0.2) is 53.3 Å². The van der Waals surface area contributed by atoms with Crippen LogP contribution >= 0.6 is 0 Å². The van der Waals surface area contributed by atoms with Crippen molar-refractivity contribution >= 4 is 28.6 Å². The van der Waals surface area contributed by atoms with Crippen LogP contribution in [0.2, 0.25) is 0 Å². The summed E-state index contributed by atoms with van der Waals surface area (Å²) in [6.07, 6.45) is 4.24. The van der Waals surface area contributed by atoms with Gasteiger partial charge in [0.1, 0.15) is 5.76 Å². The quantitative estimate of drug-likeness (QED) is 0.582. The molecule has 1 atom stereocenters. The molecule has 0 saturated heterocycles. The molecule has 3 aromatic heterocycles. The summed E-state index contributed by atoms with van der Waals surface area (Å²) >= 11 is 0. The minimum absolute atomic E-state index is 0.00286. The molecule has 7 heteroatoms. The number of aromatic nitrogens is 4. The molecule has 0 bridgehead atoms. The van der Waals surface area contributed by atoms with Gasteiger partial charge in [0.15, 0.2) is 5.78 Å². The molecule has 1 aliphatic carbocycles. The summed E-state index contributed by atoms with van der Waals surface area (Å²) in [5.74, 6) is 1.65. The summed E-state index contributed by atoms with van der Waals surface area (Å²) in [6, 6.07) is 11.6. The standard InChI is InChI=1S/C21H17N5O2/c1-12-14-5-2-3-6-16(14)24-21(23-12)26-20-22-11-15-17(25-20)9-13(10-18(15)27)19-7-4-8-28-19/h2-8,11,13H,9-10H2,1H3,(H,22,23,24,25,26)/t13-/m1/s1. The van der Waals surface area contributed by atoms with Crippen molar-refractivity contribution in [3.05, 3.63) is 71.6 Å². The van der Waals surface area contributed by atoms with Crippen LogP contribution in [0.1, 0.15) is 39.8 Å². The van der Waals surface area contributed by atoms with E-state index in [0.29, 0.717) is 36.0 Å². The molecule has 1 N–H and O–H groups in total. The maximum absolute atomic E-state index is 12.5. The number of carbonyl (C=O) groups excluding carboxylic acids is 1. The van der Waals surface area contributed by atoms with E-state index in [4.69, 9.17) is 4.42 Å². The van der Waals surface area contributed by atoms with E-state index >= 15 is 0 Å². The minimum Gasteiger partial charge on any atom is -0.469 e. The molecule has 138 valence electrons. The molecule has 0 aliphatic heterocycles. The van der Waals surface area contributed by atoms with Crippen LogP contribution in [0.5, 0.6) is 0 Å². The smallest absolute Gasteiger partial charge is 0.230 e. The molecule has 4 aromatic rings. The number of ketones is 1. The van der Waals surface area contributed by atoms with Crippen LogP contribution in [0.3, 0.4) is 0 Å². The third-order valence-corrected chi connectivity index (χ3v) is 5.00. The van der Waals surface area contributed by atoms with E-state index in [1.54, 1.807) is 12.5 Å². The van der Waals surface area contributed by atoms with E-state index in [-0.39, 0.29) is 11.7 Å². The Hall–Kier alpha value is -3.61. The molecular formula is C21H17N5O2. The van der Waals surface area contributed by atoms with Crippen LogP contribution in [0.25, 0.3) is 10.9 Å². The Kier molecular flexibility index (Phi) is 3.86. The molecule has 0 spiro atoms. The van der Waals surface area contributed by atoms with Crippen LogP contribution in [-0.4, -0.2) is 25.7 Å². The number of hydrogen-bond acceptors (Lipinski definition) is 7. The van der Waals surface area contributed by atoms with Gasteiger partial charge in [-0.15, -0.1) is 0 Å². The Labute approximate surface area is 160 Å². The van der Waals surface area contributed by atoms with Crippen molar-refractivity contribution in [2.45, 2.75) is 25.7 Å². The normalized spacial score (nSPS) is 16.2. The number of furan rings is 1. The number of benzene rings is 1. The number of carbonyl (C=O) groups is 1. The van der Waals surface area contributed by atoms with Crippen LogP contribution in [0.4, 0.5) is 11.9 Å². The van der Waals surface area contributed by atoms with Gasteiger partial charge < -0.3 is 4.42 Å². The first-order chi connectivity index (χ1) is 13.7. The second kappa shape index (κ2) is 6.53. The lowest BCUT2D eigenvalue weighted by atomic mass is 9.85. The van der Waals surface area contributed by atoms with E-state index in [9.17, 15) is 4.79 Å². The maximum Gasteiger partial charge on any atom is 0.230 e. The van der Waals surface area contributed by atoms with Crippen LogP contribution in [-0.2, 0) is 6.42 Å². The van der Waals surface area contributed by atoms with E-state index in [1.807, 2.05) is 43.3 Å². The van der Waals surface area contributed by atoms with Gasteiger partial charge in [0, 0.05) is 30.3 Å². The zero-order chi connectivity index (χ0) is 19.1. The fraction of sp³-hybridized carbons (Fsp3) is 0.190. The highest BCUT2D eigenvalue weighted by Gasteiger charge is 2.29. The second-order valence-corrected chi connectivity index (χ2v) is 6.87. The first-order valence-corrected chi connectivity index (χ1v) is 9.10. The van der Waals surface area contributed by atoms with E-state index in [2.05, 4.69) is 25.3 Å². The largest absolute Gasteiger partial charge is 0.469 e. The molecule has 0 unspecified atom stereocenters. The number of para-hydroxylation sites is 1. The van der Waals surface area contributed by atoms with Gasteiger partial charge in [-0.3, -0.25) is 10.1 Å². The number of rotatable bonds is 3. The number of anilines is 2. The van der Waals surface area contributed by atoms with Gasteiger partial charge in [0.05, 0.1) is 28.7 Å². The third-order valence-electron chi connectivity index (χ3n) is 5.00. The van der Waals surface area contributed by atoms with E-state index in [0.717, 1.165) is 22.4 Å². The van der Waals surface area contributed by atoms with E-state index < -0.39 is 0 Å². The zero-order valence-electron chi connectivity index (χ0n) is 15.2. The Morgan fingerprint density at radius 1 is 1.04 bits per heavy atom. The molecule has 0 radical (unpaired) electrons. The Balaban J connectivity index is 1.46. The summed E-state index contributed by atoms with van der Waals surface area (Å²) in [5.41, 5.74) is 3.01. The van der Waals surface area contributed by atoms with Gasteiger partial charge in [0.25, 0.3) is 0 Å². The third kappa shape index (κ3) is 2.90. The second-order valence-electron chi connectivity index (χ2n) is 6.87. The van der Waals surface area contributed by atoms with Gasteiger partial charge in [-0.2, -0.15) is 0 Å². The fourth-order valence-corrected chi connectivity index (χ4v) is 3.62. The molecular weight excluding hydrogens is 354 g/mol. The van der Waals surface area contributed by atoms with Crippen LogP contribution in [0, 0.1) is 6.92 Å². The molecule has 28 heavy (non-hydrogen) atoms. The van der Waals surface area contributed by atoms with Crippen molar-refractivity contribution in [2.75, 3.05) is 5.32 Å². The molecule has 1 aliphatic rings.